The fourth-order valence-corrected chi connectivity index (χ4v) is 0.143. The molecule has 0 aromatic carbocycles. The van der Waals surface area contributed by atoms with Crippen LogP contribution < -0.4 is 0 Å². The Kier molecular flexibility index (Phi) is 7.65. The van der Waals surface area contributed by atoms with E-state index in [0.717, 1.165) is 4.48 Å². The van der Waals surface area contributed by atoms with Crippen molar-refractivity contribution in [3.8, 4) is 0 Å². The molecule has 0 atom stereocenters. The van der Waals surface area contributed by atoms with Gasteiger partial charge in [-0.05, 0) is 6.92 Å². The van der Waals surface area contributed by atoms with Crippen LogP contribution in [0.15, 0.2) is 12.2 Å². The topological polar surface area (TPSA) is 74.6 Å². The number of carboxylic acid groups (broad SMARTS) is 2. The first-order chi connectivity index (χ1) is 6.19. The predicted molar refractivity (Wildman–Crippen MR) is 53.0 cm³/mol. The highest BCUT2D eigenvalue weighted by atomic mass is 16.4. The zero-order valence-electron chi connectivity index (χ0n) is 9.02. The van der Waals surface area contributed by atoms with Gasteiger partial charge in [0.15, 0.2) is 0 Å². The molecule has 5 nitrogen and oxygen atoms in total. The van der Waals surface area contributed by atoms with Crippen LogP contribution in [0.3, 0.4) is 0 Å². The van der Waals surface area contributed by atoms with Crippen LogP contribution in [0.4, 0.5) is 0 Å². The van der Waals surface area contributed by atoms with E-state index in [1.807, 2.05) is 0 Å². The smallest absolute Gasteiger partial charge is 0.328 e. The second-order valence-electron chi connectivity index (χ2n) is 3.62. The quantitative estimate of drug-likeness (QED) is 0.516. The Hall–Kier alpha value is -1.36. The number of rotatable bonds is 3. The van der Waals surface area contributed by atoms with E-state index >= 15 is 0 Å². The van der Waals surface area contributed by atoms with Crippen LogP contribution in [0.1, 0.15) is 6.92 Å². The van der Waals surface area contributed by atoms with Gasteiger partial charge in [-0.3, -0.25) is 0 Å². The van der Waals surface area contributed by atoms with Gasteiger partial charge in [-0.1, -0.05) is 0 Å². The summed E-state index contributed by atoms with van der Waals surface area (Å²) >= 11 is 0. The van der Waals surface area contributed by atoms with Gasteiger partial charge in [0.1, 0.15) is 0 Å². The lowest BCUT2D eigenvalue weighted by Crippen LogP contribution is -2.33. The highest BCUT2D eigenvalue weighted by Gasteiger charge is 1.97. The van der Waals surface area contributed by atoms with Gasteiger partial charge in [0.25, 0.3) is 0 Å². The van der Waals surface area contributed by atoms with Crippen molar-refractivity contribution in [1.82, 2.24) is 0 Å². The molecule has 14 heavy (non-hydrogen) atoms. The van der Waals surface area contributed by atoms with Gasteiger partial charge in [-0.25, -0.2) is 9.59 Å². The van der Waals surface area contributed by atoms with Crippen LogP contribution in [0.25, 0.3) is 0 Å². The lowest BCUT2D eigenvalue weighted by molar-refractivity contribution is -0.868. The Balaban J connectivity index is 0. The Bertz CT molecular complexity index is 199. The van der Waals surface area contributed by atoms with Crippen molar-refractivity contribution in [2.45, 2.75) is 6.92 Å². The number of carbonyl (C=O) groups is 2. The van der Waals surface area contributed by atoms with Gasteiger partial charge in [-0.15, -0.1) is 0 Å². The van der Waals surface area contributed by atoms with E-state index in [9.17, 15) is 9.59 Å². The van der Waals surface area contributed by atoms with Gasteiger partial charge >= 0.3 is 11.9 Å². The number of carboxylic acids is 2. The van der Waals surface area contributed by atoms with Crippen LogP contribution in [0, 0.1) is 0 Å². The zero-order chi connectivity index (χ0) is 11.8. The molecule has 0 amide bonds. The van der Waals surface area contributed by atoms with E-state index in [2.05, 4.69) is 28.1 Å². The Labute approximate surface area is 83.9 Å². The lowest BCUT2D eigenvalue weighted by Gasteiger charge is -2.20. The van der Waals surface area contributed by atoms with E-state index in [4.69, 9.17) is 10.2 Å². The first-order valence-corrected chi connectivity index (χ1v) is 4.13. The average molecular weight is 204 g/mol. The molecule has 0 bridgehead atoms. The number of aliphatic carboxylic acids is 2. The standard InChI is InChI=1S/C5H14N.C4H4O4/c1-5-6(2,3)4;5-3(6)1-2-4(7)8/h5H2,1-4H3;1-2H,(H,5,6)(H,7,8)/q+1;/b;2-1-. The first-order valence-electron chi connectivity index (χ1n) is 4.13. The fourth-order valence-electron chi connectivity index (χ4n) is 0.143. The van der Waals surface area contributed by atoms with Crippen LogP contribution in [0.2, 0.25) is 0 Å². The summed E-state index contributed by atoms with van der Waals surface area (Å²) in [4.78, 5) is 19.1. The number of nitrogens with zero attached hydrogens (tertiary/aromatic N) is 1. The van der Waals surface area contributed by atoms with Crippen molar-refractivity contribution in [3.05, 3.63) is 12.2 Å². The summed E-state index contributed by atoms with van der Waals surface area (Å²) in [7, 11) is 6.54. The van der Waals surface area contributed by atoms with Crippen LogP contribution in [0.5, 0.6) is 0 Å². The zero-order valence-corrected chi connectivity index (χ0v) is 9.02. The highest BCUT2D eigenvalue weighted by molar-refractivity contribution is 5.89. The normalized spacial score (nSPS) is 10.6. The first kappa shape index (κ1) is 15.1. The maximum atomic E-state index is 9.55. The molecule has 0 aliphatic rings. The monoisotopic (exact) mass is 204 g/mol. The molecule has 0 spiro atoms. The van der Waals surface area contributed by atoms with E-state index in [1.165, 1.54) is 6.54 Å². The third-order valence-electron chi connectivity index (χ3n) is 1.32. The van der Waals surface area contributed by atoms with Gasteiger partial charge in [0.05, 0.1) is 27.7 Å². The van der Waals surface area contributed by atoms with Crippen molar-refractivity contribution in [2.75, 3.05) is 27.7 Å². The van der Waals surface area contributed by atoms with Gasteiger partial charge in [0.2, 0.25) is 0 Å². The molecule has 0 saturated heterocycles. The Morgan fingerprint density at radius 2 is 1.29 bits per heavy atom. The molecule has 0 aromatic rings. The molecule has 2 N–H and O–H groups in total. The van der Waals surface area contributed by atoms with Crippen molar-refractivity contribution < 1.29 is 24.3 Å². The summed E-state index contributed by atoms with van der Waals surface area (Å²) in [6.07, 6.45) is 1.12. The molecule has 0 aromatic heterocycles. The fraction of sp³-hybridized carbons (Fsp3) is 0.556. The molecule has 0 saturated carbocycles. The molecule has 0 aliphatic carbocycles. The molecular weight excluding hydrogens is 186 g/mol. The summed E-state index contributed by atoms with van der Waals surface area (Å²) in [6.45, 7) is 3.39. The highest BCUT2D eigenvalue weighted by Crippen LogP contribution is 1.83. The molecule has 0 rings (SSSR count). The van der Waals surface area contributed by atoms with Crippen LogP contribution in [-0.4, -0.2) is 54.3 Å². The maximum Gasteiger partial charge on any atom is 0.328 e. The molecule has 82 valence electrons. The Morgan fingerprint density at radius 1 is 1.07 bits per heavy atom. The minimum absolute atomic E-state index is 0.558. The average Bonchev–Trinajstić information content (AvgIpc) is 2.01. The van der Waals surface area contributed by atoms with E-state index in [0.29, 0.717) is 12.2 Å². The van der Waals surface area contributed by atoms with Crippen molar-refractivity contribution in [1.29, 1.82) is 0 Å². The van der Waals surface area contributed by atoms with Gasteiger partial charge in [-0.2, -0.15) is 0 Å². The number of hydrogen-bond donors (Lipinski definition) is 2. The van der Waals surface area contributed by atoms with E-state index < -0.39 is 11.9 Å². The minimum atomic E-state index is -1.26. The van der Waals surface area contributed by atoms with Gasteiger partial charge < -0.3 is 14.7 Å². The summed E-state index contributed by atoms with van der Waals surface area (Å²) in [5.74, 6) is -2.51. The third-order valence-corrected chi connectivity index (χ3v) is 1.32. The molecule has 0 unspecified atom stereocenters. The minimum Gasteiger partial charge on any atom is -0.478 e. The molecule has 0 radical (unpaired) electrons. The number of quaternary nitrogens is 1. The largest absolute Gasteiger partial charge is 0.478 e. The second kappa shape index (κ2) is 7.08. The lowest BCUT2D eigenvalue weighted by atomic mass is 10.5. The van der Waals surface area contributed by atoms with E-state index in [1.54, 1.807) is 0 Å². The summed E-state index contributed by atoms with van der Waals surface area (Å²) in [6, 6.07) is 0. The third kappa shape index (κ3) is 22.4. The summed E-state index contributed by atoms with van der Waals surface area (Å²) in [5.41, 5.74) is 0. The molecule has 0 fully saturated rings. The van der Waals surface area contributed by atoms with Gasteiger partial charge in [0, 0.05) is 12.2 Å². The molecular formula is C9H18NO4+. The van der Waals surface area contributed by atoms with Crippen LogP contribution >= 0.6 is 0 Å². The number of hydrogen-bond acceptors (Lipinski definition) is 2. The molecule has 5 heteroatoms. The van der Waals surface area contributed by atoms with E-state index in [-0.39, 0.29) is 0 Å². The molecule has 0 aliphatic heterocycles. The maximum absolute atomic E-state index is 9.55. The Morgan fingerprint density at radius 3 is 1.36 bits per heavy atom. The summed E-state index contributed by atoms with van der Waals surface area (Å²) in [5, 5.41) is 15.6. The SMILES string of the molecule is CC[N+](C)(C)C.O=C(O)/C=C\C(=O)O. The van der Waals surface area contributed by atoms with Crippen molar-refractivity contribution >= 4 is 11.9 Å². The predicted octanol–water partition coefficient (Wildman–Crippen LogP) is 0.424. The molecule has 0 heterocycles. The summed E-state index contributed by atoms with van der Waals surface area (Å²) < 4.78 is 1.07. The second-order valence-corrected chi connectivity index (χ2v) is 3.62. The van der Waals surface area contributed by atoms with Crippen molar-refractivity contribution in [3.63, 3.8) is 0 Å². The van der Waals surface area contributed by atoms with Crippen LogP contribution in [-0.2, 0) is 9.59 Å². The van der Waals surface area contributed by atoms with Crippen molar-refractivity contribution in [2.24, 2.45) is 0 Å².